The van der Waals surface area contributed by atoms with E-state index in [2.05, 4.69) is 10.1 Å². The highest BCUT2D eigenvalue weighted by Crippen LogP contribution is 2.30. The smallest absolute Gasteiger partial charge is 0.219 e. The second-order valence-electron chi connectivity index (χ2n) is 5.65. The van der Waals surface area contributed by atoms with Crippen LogP contribution in [0.3, 0.4) is 0 Å². The van der Waals surface area contributed by atoms with Crippen LogP contribution >= 0.6 is 11.6 Å². The Hall–Kier alpha value is -1.59. The van der Waals surface area contributed by atoms with E-state index in [1.54, 1.807) is 24.3 Å². The molecule has 6 heteroatoms. The molecule has 0 aliphatic heterocycles. The van der Waals surface area contributed by atoms with Gasteiger partial charge in [0, 0.05) is 5.02 Å². The van der Waals surface area contributed by atoms with Crippen LogP contribution in [0.5, 0.6) is 5.75 Å². The first-order chi connectivity index (χ1) is 10.4. The van der Waals surface area contributed by atoms with Crippen molar-refractivity contribution in [3.8, 4) is 5.75 Å². The van der Waals surface area contributed by atoms with Gasteiger partial charge in [-0.25, -0.2) is 9.67 Å². The lowest BCUT2D eigenvalue weighted by atomic mass is 9.88. The quantitative estimate of drug-likeness (QED) is 0.924. The minimum absolute atomic E-state index is 0.358. The first-order valence-corrected chi connectivity index (χ1v) is 7.70. The summed E-state index contributed by atoms with van der Waals surface area (Å²) in [7, 11) is 0. The van der Waals surface area contributed by atoms with Gasteiger partial charge in [0.25, 0.3) is 0 Å². The minimum atomic E-state index is -0.750. The molecule has 0 saturated carbocycles. The van der Waals surface area contributed by atoms with Crippen molar-refractivity contribution in [1.29, 1.82) is 0 Å². The van der Waals surface area contributed by atoms with Gasteiger partial charge in [-0.15, -0.1) is 0 Å². The Morgan fingerprint density at radius 1 is 1.18 bits per heavy atom. The second kappa shape index (κ2) is 8.15. The van der Waals surface area contributed by atoms with Crippen molar-refractivity contribution >= 4 is 11.6 Å². The summed E-state index contributed by atoms with van der Waals surface area (Å²) >= 11 is 5.85. The van der Waals surface area contributed by atoms with Crippen molar-refractivity contribution in [1.82, 2.24) is 14.8 Å². The van der Waals surface area contributed by atoms with Gasteiger partial charge in [-0.1, -0.05) is 46.2 Å². The maximum Gasteiger partial charge on any atom is 0.219 e. The Balaban J connectivity index is 0.00000116. The molecule has 0 amide bonds. The number of nitrogens with zero attached hydrogens (tertiary/aromatic N) is 3. The van der Waals surface area contributed by atoms with Crippen LogP contribution in [0.25, 0.3) is 0 Å². The Bertz CT molecular complexity index is 536. The van der Waals surface area contributed by atoms with E-state index in [-0.39, 0.29) is 5.41 Å². The standard InChI is InChI=1S/C14H18ClN3O2.C2H6/c1-14(2,3)12(19)13(18-9-16-8-17-18)20-11-6-4-10(15)5-7-11;1-2/h4-9,12-13,19H,1-3H3;1-2H3. The number of aliphatic hydroxyl groups is 1. The molecule has 0 spiro atoms. The molecule has 122 valence electrons. The van der Waals surface area contributed by atoms with Crippen molar-refractivity contribution in [2.75, 3.05) is 0 Å². The Labute approximate surface area is 136 Å². The molecule has 2 rings (SSSR count). The highest BCUT2D eigenvalue weighted by Gasteiger charge is 2.34. The van der Waals surface area contributed by atoms with E-state index in [9.17, 15) is 5.11 Å². The van der Waals surface area contributed by atoms with Crippen LogP contribution in [-0.4, -0.2) is 26.0 Å². The van der Waals surface area contributed by atoms with Crippen molar-refractivity contribution in [3.05, 3.63) is 41.9 Å². The Kier molecular flexibility index (Phi) is 6.84. The monoisotopic (exact) mass is 325 g/mol. The lowest BCUT2D eigenvalue weighted by molar-refractivity contribution is -0.0731. The second-order valence-corrected chi connectivity index (χ2v) is 6.09. The van der Waals surface area contributed by atoms with Crippen LogP contribution < -0.4 is 4.74 Å². The fourth-order valence-corrected chi connectivity index (χ4v) is 1.82. The zero-order valence-corrected chi connectivity index (χ0v) is 14.4. The van der Waals surface area contributed by atoms with Crippen molar-refractivity contribution in [2.24, 2.45) is 5.41 Å². The predicted octanol–water partition coefficient (Wildman–Crippen LogP) is 3.94. The van der Waals surface area contributed by atoms with E-state index in [0.29, 0.717) is 10.8 Å². The molecule has 0 aliphatic carbocycles. The van der Waals surface area contributed by atoms with E-state index < -0.39 is 12.3 Å². The Morgan fingerprint density at radius 2 is 1.77 bits per heavy atom. The number of benzene rings is 1. The van der Waals surface area contributed by atoms with Gasteiger partial charge < -0.3 is 9.84 Å². The van der Waals surface area contributed by atoms with E-state index in [0.717, 1.165) is 0 Å². The molecule has 22 heavy (non-hydrogen) atoms. The van der Waals surface area contributed by atoms with Gasteiger partial charge in [-0.3, -0.25) is 0 Å². The molecule has 2 atom stereocenters. The summed E-state index contributed by atoms with van der Waals surface area (Å²) in [5, 5.41) is 15.2. The van der Waals surface area contributed by atoms with E-state index >= 15 is 0 Å². The number of hydrogen-bond donors (Lipinski definition) is 1. The molecule has 2 unspecified atom stereocenters. The largest absolute Gasteiger partial charge is 0.466 e. The molecule has 0 aliphatic rings. The third kappa shape index (κ3) is 5.00. The molecule has 0 radical (unpaired) electrons. The van der Waals surface area contributed by atoms with Gasteiger partial charge in [-0.2, -0.15) is 5.10 Å². The predicted molar refractivity (Wildman–Crippen MR) is 87.9 cm³/mol. The first-order valence-electron chi connectivity index (χ1n) is 7.32. The van der Waals surface area contributed by atoms with Crippen LogP contribution in [0, 0.1) is 5.41 Å². The summed E-state index contributed by atoms with van der Waals surface area (Å²) in [5.41, 5.74) is -0.358. The molecule has 0 fully saturated rings. The number of halogens is 1. The van der Waals surface area contributed by atoms with Crippen LogP contribution in [0.15, 0.2) is 36.9 Å². The topological polar surface area (TPSA) is 60.2 Å². The summed E-state index contributed by atoms with van der Waals surface area (Å²) in [5.74, 6) is 0.609. The van der Waals surface area contributed by atoms with Gasteiger partial charge >= 0.3 is 0 Å². The summed E-state index contributed by atoms with van der Waals surface area (Å²) < 4.78 is 7.36. The number of hydrogen-bond acceptors (Lipinski definition) is 4. The molecule has 2 aromatic rings. The molecular weight excluding hydrogens is 302 g/mol. The van der Waals surface area contributed by atoms with Gasteiger partial charge in [-0.05, 0) is 29.7 Å². The molecule has 1 aromatic carbocycles. The number of aromatic nitrogens is 3. The van der Waals surface area contributed by atoms with Crippen molar-refractivity contribution in [3.63, 3.8) is 0 Å². The van der Waals surface area contributed by atoms with Gasteiger partial charge in [0.2, 0.25) is 6.23 Å². The molecule has 1 aromatic heterocycles. The van der Waals surface area contributed by atoms with Crippen LogP contribution in [0.4, 0.5) is 0 Å². The number of rotatable bonds is 4. The van der Waals surface area contributed by atoms with Crippen molar-refractivity contribution in [2.45, 2.75) is 47.0 Å². The summed E-state index contributed by atoms with van der Waals surface area (Å²) in [6, 6.07) is 6.97. The average Bonchev–Trinajstić information content (AvgIpc) is 3.01. The van der Waals surface area contributed by atoms with Crippen LogP contribution in [-0.2, 0) is 0 Å². The van der Waals surface area contributed by atoms with Gasteiger partial charge in [0.05, 0.1) is 0 Å². The number of ether oxygens (including phenoxy) is 1. The zero-order chi connectivity index (χ0) is 16.8. The molecule has 5 nitrogen and oxygen atoms in total. The highest BCUT2D eigenvalue weighted by molar-refractivity contribution is 6.30. The first kappa shape index (κ1) is 18.5. The van der Waals surface area contributed by atoms with Gasteiger partial charge in [0.15, 0.2) is 0 Å². The third-order valence-corrected chi connectivity index (χ3v) is 3.18. The maximum absolute atomic E-state index is 10.5. The normalized spacial score (nSPS) is 13.8. The minimum Gasteiger partial charge on any atom is -0.466 e. The summed E-state index contributed by atoms with van der Waals surface area (Å²) in [6.45, 7) is 9.81. The fourth-order valence-electron chi connectivity index (χ4n) is 1.69. The summed E-state index contributed by atoms with van der Waals surface area (Å²) in [6.07, 6.45) is 1.53. The van der Waals surface area contributed by atoms with E-state index in [1.165, 1.54) is 17.3 Å². The molecule has 1 N–H and O–H groups in total. The fraction of sp³-hybridized carbons (Fsp3) is 0.500. The average molecular weight is 326 g/mol. The number of aliphatic hydroxyl groups excluding tert-OH is 1. The lowest BCUT2D eigenvalue weighted by Gasteiger charge is -2.32. The van der Waals surface area contributed by atoms with Crippen LogP contribution in [0.1, 0.15) is 40.8 Å². The third-order valence-electron chi connectivity index (χ3n) is 2.93. The van der Waals surface area contributed by atoms with E-state index in [4.69, 9.17) is 16.3 Å². The summed E-state index contributed by atoms with van der Waals surface area (Å²) in [4.78, 5) is 3.90. The molecule has 0 saturated heterocycles. The molecule has 1 heterocycles. The van der Waals surface area contributed by atoms with Crippen LogP contribution in [0.2, 0.25) is 5.02 Å². The van der Waals surface area contributed by atoms with E-state index in [1.807, 2.05) is 34.6 Å². The lowest BCUT2D eigenvalue weighted by Crippen LogP contribution is -2.38. The molecule has 0 bridgehead atoms. The maximum atomic E-state index is 10.5. The van der Waals surface area contributed by atoms with Gasteiger partial charge in [0.1, 0.15) is 24.5 Å². The SMILES string of the molecule is CC.CC(C)(C)C(O)C(Oc1ccc(Cl)cc1)n1cncn1. The zero-order valence-electron chi connectivity index (χ0n) is 13.7. The highest BCUT2D eigenvalue weighted by atomic mass is 35.5. The molecular formula is C16H24ClN3O2. The van der Waals surface area contributed by atoms with Crippen molar-refractivity contribution < 1.29 is 9.84 Å². The Morgan fingerprint density at radius 3 is 2.23 bits per heavy atom.